The van der Waals surface area contributed by atoms with Gasteiger partial charge in [0, 0.05) is 37.9 Å². The molecule has 0 unspecified atom stereocenters. The number of hydrogen-bond donors (Lipinski definition) is 2. The minimum absolute atomic E-state index is 0.0125. The quantitative estimate of drug-likeness (QED) is 0.0825. The van der Waals surface area contributed by atoms with Crippen molar-refractivity contribution >= 4 is 23.8 Å². The van der Waals surface area contributed by atoms with E-state index in [9.17, 15) is 19.2 Å². The van der Waals surface area contributed by atoms with Gasteiger partial charge < -0.3 is 39.9 Å². The maximum atomic E-state index is 13.6. The molecule has 5 atom stereocenters. The molecule has 13 heteroatoms. The Morgan fingerprint density at radius 1 is 0.942 bits per heavy atom. The molecule has 1 aromatic rings. The predicted octanol–water partition coefficient (Wildman–Crippen LogP) is 5.49. The summed E-state index contributed by atoms with van der Waals surface area (Å²) in [7, 11) is 3.26. The highest BCUT2D eigenvalue weighted by atomic mass is 16.7. The average Bonchev–Trinajstić information content (AvgIpc) is 3.48. The van der Waals surface area contributed by atoms with Crippen LogP contribution in [0.4, 0.5) is 4.79 Å². The van der Waals surface area contributed by atoms with Crippen molar-refractivity contribution in [2.75, 3.05) is 41.0 Å². The van der Waals surface area contributed by atoms with Crippen LogP contribution in [-0.4, -0.2) is 87.8 Å². The lowest BCUT2D eigenvalue weighted by Gasteiger charge is -2.33. The molecule has 1 heterocycles. The van der Waals surface area contributed by atoms with Crippen LogP contribution in [0.2, 0.25) is 0 Å². The maximum Gasteiger partial charge on any atom is 0.414 e. The molecule has 1 aromatic carbocycles. The van der Waals surface area contributed by atoms with Gasteiger partial charge in [0.25, 0.3) is 0 Å². The number of ketones is 1. The number of ether oxygens (including phenoxy) is 6. The Morgan fingerprint density at radius 3 is 2.21 bits per heavy atom. The van der Waals surface area contributed by atoms with Crippen LogP contribution in [0.5, 0.6) is 11.5 Å². The molecular weight excluding hydrogens is 670 g/mol. The lowest BCUT2D eigenvalue weighted by atomic mass is 9.78. The molecule has 1 aliphatic rings. The number of primary amides is 1. The molecule has 2 amide bonds. The van der Waals surface area contributed by atoms with E-state index in [1.807, 2.05) is 32.0 Å². The van der Waals surface area contributed by atoms with Gasteiger partial charge in [-0.3, -0.25) is 19.3 Å². The first-order valence-corrected chi connectivity index (χ1v) is 18.5. The van der Waals surface area contributed by atoms with Crippen LogP contribution >= 0.6 is 0 Å². The fourth-order valence-electron chi connectivity index (χ4n) is 6.19. The Labute approximate surface area is 310 Å². The minimum Gasteiger partial charge on any atom is -0.493 e. The molecule has 1 aliphatic heterocycles. The molecule has 1 saturated heterocycles. The molecule has 0 aromatic heterocycles. The Kier molecular flexibility index (Phi) is 18.3. The van der Waals surface area contributed by atoms with Gasteiger partial charge in [0.1, 0.15) is 18.6 Å². The maximum absolute atomic E-state index is 13.6. The highest BCUT2D eigenvalue weighted by Crippen LogP contribution is 2.36. The van der Waals surface area contributed by atoms with Crippen molar-refractivity contribution in [2.45, 2.75) is 112 Å². The normalized spacial score (nSPS) is 18.0. The second-order valence-electron chi connectivity index (χ2n) is 15.6. The van der Waals surface area contributed by atoms with Crippen molar-refractivity contribution in [2.24, 2.45) is 46.5 Å². The highest BCUT2D eigenvalue weighted by Gasteiger charge is 2.43. The van der Waals surface area contributed by atoms with Gasteiger partial charge in [0.15, 0.2) is 11.5 Å². The second-order valence-corrected chi connectivity index (χ2v) is 15.6. The van der Waals surface area contributed by atoms with Crippen LogP contribution in [0.3, 0.4) is 0 Å². The number of benzene rings is 1. The molecule has 13 nitrogen and oxygen atoms in total. The monoisotopic (exact) mass is 735 g/mol. The first-order chi connectivity index (χ1) is 24.4. The van der Waals surface area contributed by atoms with Gasteiger partial charge in [0.2, 0.25) is 12.7 Å². The number of nitrogens with zero attached hydrogens (tertiary/aromatic N) is 1. The van der Waals surface area contributed by atoms with E-state index >= 15 is 0 Å². The lowest BCUT2D eigenvalue weighted by molar-refractivity contribution is -0.155. The van der Waals surface area contributed by atoms with E-state index in [-0.39, 0.29) is 48.5 Å². The van der Waals surface area contributed by atoms with E-state index < -0.39 is 48.4 Å². The molecule has 0 spiro atoms. The van der Waals surface area contributed by atoms with Crippen molar-refractivity contribution in [3.8, 4) is 11.5 Å². The smallest absolute Gasteiger partial charge is 0.414 e. The van der Waals surface area contributed by atoms with E-state index in [0.29, 0.717) is 50.4 Å². The van der Waals surface area contributed by atoms with E-state index in [1.165, 1.54) is 4.90 Å². The fourth-order valence-corrected chi connectivity index (χ4v) is 6.19. The van der Waals surface area contributed by atoms with Crippen LogP contribution in [0.25, 0.3) is 0 Å². The van der Waals surface area contributed by atoms with Gasteiger partial charge in [-0.2, -0.15) is 0 Å². The van der Waals surface area contributed by atoms with Gasteiger partial charge in [-0.15, -0.1) is 0 Å². The number of amides is 2. The average molecular weight is 736 g/mol. The van der Waals surface area contributed by atoms with Crippen molar-refractivity contribution in [1.82, 2.24) is 4.90 Å². The van der Waals surface area contributed by atoms with Crippen molar-refractivity contribution in [3.05, 3.63) is 23.8 Å². The number of carbonyl (C=O) groups is 4. The van der Waals surface area contributed by atoms with Crippen LogP contribution < -0.4 is 20.9 Å². The third kappa shape index (κ3) is 13.5. The highest BCUT2D eigenvalue weighted by molar-refractivity contribution is 5.84. The second kappa shape index (κ2) is 21.3. The number of Topliss-reactive ketones (excluding diaryl/α,β-unsaturated/α-hetero) is 1. The number of carbonyl (C=O) groups excluding carboxylic acids is 4. The van der Waals surface area contributed by atoms with Crippen LogP contribution in [0.1, 0.15) is 93.1 Å². The summed E-state index contributed by atoms with van der Waals surface area (Å²) in [4.78, 5) is 52.9. The SMILES string of the molecule is COCCCOc1cc(C[C@@H](C[C@H]2[C@H](C[C@H](C(=O)CCC(C)(C)C(N)=O)C(C)C)OCN2C(=O)OCOC(=O)[C@@H](N)C(C)C)C(C)C)ccc1OC. The van der Waals surface area contributed by atoms with Crippen LogP contribution in [-0.2, 0) is 39.8 Å². The van der Waals surface area contributed by atoms with Gasteiger partial charge in [0.05, 0.1) is 25.9 Å². The number of hydrogen-bond acceptors (Lipinski definition) is 11. The molecule has 52 heavy (non-hydrogen) atoms. The van der Waals surface area contributed by atoms with E-state index in [0.717, 1.165) is 12.0 Å². The van der Waals surface area contributed by atoms with Gasteiger partial charge in [-0.25, -0.2) is 4.79 Å². The summed E-state index contributed by atoms with van der Waals surface area (Å²) in [6, 6.07) is 4.63. The molecule has 4 N–H and O–H groups in total. The fraction of sp³-hybridized carbons (Fsp3) is 0.744. The molecule has 2 rings (SSSR count). The Morgan fingerprint density at radius 2 is 1.63 bits per heavy atom. The van der Waals surface area contributed by atoms with Crippen molar-refractivity contribution < 1.29 is 47.6 Å². The summed E-state index contributed by atoms with van der Waals surface area (Å²) in [5, 5.41) is 0. The third-order valence-corrected chi connectivity index (χ3v) is 10.2. The van der Waals surface area contributed by atoms with E-state index in [4.69, 9.17) is 39.9 Å². The van der Waals surface area contributed by atoms with Gasteiger partial charge in [-0.05, 0) is 67.1 Å². The topological polar surface area (TPSA) is 179 Å². The standard InChI is InChI=1S/C39H65N3O10/c1-24(2)28(18-27-12-13-32(48-10)34(19-27)49-17-11-16-47-9)20-30-33(21-29(25(3)4)31(43)14-15-39(7,8)37(41)45)50-22-42(30)38(46)52-23-51-36(44)35(40)26(5)6/h12-13,19,24-26,28-30,33,35H,11,14-18,20-23,40H2,1-10H3,(H2,41,45)/t28-,29-,30-,33-,35-/m0/s1. The van der Waals surface area contributed by atoms with Gasteiger partial charge in [-0.1, -0.05) is 61.5 Å². The number of nitrogens with two attached hydrogens (primary N) is 2. The zero-order valence-electron chi connectivity index (χ0n) is 33.1. The first-order valence-electron chi connectivity index (χ1n) is 18.5. The van der Waals surface area contributed by atoms with Crippen LogP contribution in [0, 0.1) is 35.0 Å². The molecule has 0 saturated carbocycles. The molecule has 0 radical (unpaired) electrons. The van der Waals surface area contributed by atoms with Crippen molar-refractivity contribution in [1.29, 1.82) is 0 Å². The van der Waals surface area contributed by atoms with Crippen LogP contribution in [0.15, 0.2) is 18.2 Å². The zero-order valence-corrected chi connectivity index (χ0v) is 33.1. The third-order valence-electron chi connectivity index (χ3n) is 10.2. The lowest BCUT2D eigenvalue weighted by Crippen LogP contribution is -2.44. The van der Waals surface area contributed by atoms with E-state index in [2.05, 4.69) is 13.8 Å². The van der Waals surface area contributed by atoms with E-state index in [1.54, 1.807) is 41.9 Å². The summed E-state index contributed by atoms with van der Waals surface area (Å²) in [5.41, 5.74) is 11.7. The largest absolute Gasteiger partial charge is 0.493 e. The first kappa shape index (κ1) is 44.7. The Hall–Kier alpha value is -3.42. The summed E-state index contributed by atoms with van der Waals surface area (Å²) < 4.78 is 33.6. The molecule has 0 bridgehead atoms. The summed E-state index contributed by atoms with van der Waals surface area (Å²) in [6.45, 7) is 15.8. The minimum atomic E-state index is -0.842. The van der Waals surface area contributed by atoms with Gasteiger partial charge >= 0.3 is 12.1 Å². The Balaban J connectivity index is 2.35. The summed E-state index contributed by atoms with van der Waals surface area (Å²) in [5.74, 6) is -0.0239. The predicted molar refractivity (Wildman–Crippen MR) is 197 cm³/mol. The Bertz CT molecular complexity index is 1300. The molecule has 0 aliphatic carbocycles. The van der Waals surface area contributed by atoms with Crippen molar-refractivity contribution in [3.63, 3.8) is 0 Å². The molecule has 1 fully saturated rings. The summed E-state index contributed by atoms with van der Waals surface area (Å²) >= 11 is 0. The summed E-state index contributed by atoms with van der Waals surface area (Å²) in [6.07, 6.45) is 1.74. The number of rotatable bonds is 23. The zero-order chi connectivity index (χ0) is 39.2. The molecule has 296 valence electrons. The number of methoxy groups -OCH3 is 2. The number of esters is 1. The molecular formula is C39H65N3O10.